The topological polar surface area (TPSA) is 119 Å². The van der Waals surface area contributed by atoms with Gasteiger partial charge in [0.15, 0.2) is 6.61 Å². The van der Waals surface area contributed by atoms with Gasteiger partial charge in [0, 0.05) is 19.0 Å². The molecule has 2 amide bonds. The summed E-state index contributed by atoms with van der Waals surface area (Å²) in [7, 11) is 0. The number of benzene rings is 1. The number of hydrogen-bond acceptors (Lipinski definition) is 7. The number of alkyl halides is 3. The van der Waals surface area contributed by atoms with Gasteiger partial charge in [0.2, 0.25) is 5.91 Å². The van der Waals surface area contributed by atoms with Crippen molar-refractivity contribution in [2.24, 2.45) is 0 Å². The smallest absolute Gasteiger partial charge is 0.416 e. The fourth-order valence-corrected chi connectivity index (χ4v) is 2.52. The zero-order valence-electron chi connectivity index (χ0n) is 14.6. The monoisotopic (exact) mass is 403 g/mol. The lowest BCUT2D eigenvalue weighted by atomic mass is 10.1. The summed E-state index contributed by atoms with van der Waals surface area (Å²) in [5, 5.41) is 13.4. The Bertz CT molecular complexity index is 811. The molecule has 1 heterocycles. The second-order valence-electron chi connectivity index (χ2n) is 6.00. The van der Waals surface area contributed by atoms with Crippen molar-refractivity contribution in [1.29, 1.82) is 0 Å². The van der Waals surface area contributed by atoms with E-state index in [2.05, 4.69) is 5.32 Å². The van der Waals surface area contributed by atoms with Gasteiger partial charge in [-0.1, -0.05) is 0 Å². The van der Waals surface area contributed by atoms with Gasteiger partial charge >= 0.3 is 12.1 Å². The normalized spacial score (nSPS) is 15.3. The van der Waals surface area contributed by atoms with E-state index in [0.717, 1.165) is 11.0 Å². The summed E-state index contributed by atoms with van der Waals surface area (Å²) >= 11 is 0. The highest BCUT2D eigenvalue weighted by Crippen LogP contribution is 2.35. The minimum absolute atomic E-state index is 0.231. The molecule has 1 N–H and O–H groups in total. The first-order valence-corrected chi connectivity index (χ1v) is 8.12. The Kier molecular flexibility index (Phi) is 6.21. The number of carbonyl (C=O) groups is 3. The van der Waals surface area contributed by atoms with Crippen LogP contribution >= 0.6 is 0 Å². The Morgan fingerprint density at radius 1 is 1.39 bits per heavy atom. The average molecular weight is 403 g/mol. The van der Waals surface area contributed by atoms with Gasteiger partial charge in [0.05, 0.1) is 10.5 Å². The molecule has 1 aliphatic heterocycles. The van der Waals surface area contributed by atoms with E-state index in [1.165, 1.54) is 6.92 Å². The molecule has 0 spiro atoms. The third kappa shape index (κ3) is 4.96. The van der Waals surface area contributed by atoms with E-state index in [4.69, 9.17) is 4.74 Å². The second kappa shape index (κ2) is 8.23. The first-order valence-electron chi connectivity index (χ1n) is 8.12. The minimum atomic E-state index is -4.76. The molecule has 1 saturated heterocycles. The molecule has 0 bridgehead atoms. The van der Waals surface area contributed by atoms with Gasteiger partial charge in [0.1, 0.15) is 11.7 Å². The summed E-state index contributed by atoms with van der Waals surface area (Å²) in [6.07, 6.45) is -4.01. The van der Waals surface area contributed by atoms with E-state index in [1.54, 1.807) is 0 Å². The molecule has 0 aliphatic carbocycles. The molecule has 1 fully saturated rings. The van der Waals surface area contributed by atoms with E-state index >= 15 is 0 Å². The van der Waals surface area contributed by atoms with Crippen LogP contribution in [0.2, 0.25) is 0 Å². The number of imide groups is 1. The number of nitro groups is 1. The lowest BCUT2D eigenvalue weighted by molar-refractivity contribution is -0.384. The van der Waals surface area contributed by atoms with Gasteiger partial charge in [-0.15, -0.1) is 0 Å². The Labute approximate surface area is 156 Å². The molecule has 1 aliphatic rings. The number of nitrogens with one attached hydrogen (secondary N) is 1. The van der Waals surface area contributed by atoms with Crippen molar-refractivity contribution in [2.45, 2.75) is 32.0 Å². The zero-order chi connectivity index (χ0) is 21.1. The molecule has 12 heteroatoms. The predicted molar refractivity (Wildman–Crippen MR) is 88.1 cm³/mol. The number of hydrogen-bond donors (Lipinski definition) is 1. The third-order valence-corrected chi connectivity index (χ3v) is 3.96. The zero-order valence-corrected chi connectivity index (χ0v) is 14.6. The number of nitro benzene ring substituents is 1. The number of carbonyl (C=O) groups excluding carboxylic acids is 3. The highest BCUT2D eigenvalue weighted by Gasteiger charge is 2.33. The fourth-order valence-electron chi connectivity index (χ4n) is 2.52. The molecule has 0 aromatic heterocycles. The summed E-state index contributed by atoms with van der Waals surface area (Å²) in [6.45, 7) is 0.807. The second-order valence-corrected chi connectivity index (χ2v) is 6.00. The van der Waals surface area contributed by atoms with E-state index in [-0.39, 0.29) is 24.6 Å². The molecular weight excluding hydrogens is 387 g/mol. The molecule has 1 atom stereocenters. The number of nitrogens with zero attached hydrogens (tertiary/aromatic N) is 2. The van der Waals surface area contributed by atoms with Gasteiger partial charge in [-0.3, -0.25) is 24.6 Å². The summed E-state index contributed by atoms with van der Waals surface area (Å²) in [5.74, 6) is -2.02. The Morgan fingerprint density at radius 2 is 2.07 bits per heavy atom. The molecule has 9 nitrogen and oxygen atoms in total. The van der Waals surface area contributed by atoms with Crippen LogP contribution in [-0.2, 0) is 25.3 Å². The Hall–Kier alpha value is -3.18. The lowest BCUT2D eigenvalue weighted by Gasteiger charge is -2.17. The maximum atomic E-state index is 12.7. The molecule has 1 aromatic carbocycles. The van der Waals surface area contributed by atoms with E-state index in [9.17, 15) is 37.7 Å². The van der Waals surface area contributed by atoms with Crippen LogP contribution in [0.5, 0.6) is 0 Å². The van der Waals surface area contributed by atoms with Gasteiger partial charge < -0.3 is 10.1 Å². The fraction of sp³-hybridized carbons (Fsp3) is 0.438. The molecular formula is C16H16F3N3O6. The highest BCUT2D eigenvalue weighted by molar-refractivity contribution is 5.97. The number of rotatable bonds is 6. The predicted octanol–water partition coefficient (Wildman–Crippen LogP) is 2.11. The van der Waals surface area contributed by atoms with Gasteiger partial charge in [-0.05, 0) is 25.5 Å². The molecule has 152 valence electrons. The maximum absolute atomic E-state index is 12.7. The number of anilines is 1. The van der Waals surface area contributed by atoms with Crippen molar-refractivity contribution in [3.63, 3.8) is 0 Å². The largest absolute Gasteiger partial charge is 0.454 e. The van der Waals surface area contributed by atoms with Crippen LogP contribution in [0.3, 0.4) is 0 Å². The number of halogens is 3. The van der Waals surface area contributed by atoms with Crippen molar-refractivity contribution in [3.8, 4) is 0 Å². The summed E-state index contributed by atoms with van der Waals surface area (Å²) < 4.78 is 42.9. The molecule has 0 unspecified atom stereocenters. The van der Waals surface area contributed by atoms with Gasteiger partial charge in [0.25, 0.3) is 11.6 Å². The molecule has 0 radical (unpaired) electrons. The number of likely N-dealkylation sites (tertiary alicyclic amines) is 1. The van der Waals surface area contributed by atoms with Crippen LogP contribution in [0.4, 0.5) is 24.5 Å². The molecule has 28 heavy (non-hydrogen) atoms. The SMILES string of the molecule is C[C@H](Nc1ccc(C(F)(F)F)cc1[N+](=O)[O-])C(=O)OCC(=O)N1CCCC1=O. The Morgan fingerprint density at radius 3 is 2.61 bits per heavy atom. The standard InChI is InChI=1S/C16H16F3N3O6/c1-9(15(25)28-8-14(24)21-6-2-3-13(21)23)20-11-5-4-10(16(17,18)19)7-12(11)22(26)27/h4-5,7,9,20H,2-3,6,8H2,1H3/t9-/m0/s1. The Balaban J connectivity index is 2.02. The van der Waals surface area contributed by atoms with Crippen molar-refractivity contribution in [3.05, 3.63) is 33.9 Å². The average Bonchev–Trinajstić information content (AvgIpc) is 3.04. The van der Waals surface area contributed by atoms with Crippen molar-refractivity contribution in [1.82, 2.24) is 4.90 Å². The summed E-state index contributed by atoms with van der Waals surface area (Å²) in [4.78, 5) is 46.2. The molecule has 1 aromatic rings. The molecule has 0 saturated carbocycles. The third-order valence-electron chi connectivity index (χ3n) is 3.96. The van der Waals surface area contributed by atoms with Crippen molar-refractivity contribution >= 4 is 29.2 Å². The van der Waals surface area contributed by atoms with E-state index in [0.29, 0.717) is 18.6 Å². The highest BCUT2D eigenvalue weighted by atomic mass is 19.4. The molecule has 2 rings (SSSR count). The first-order chi connectivity index (χ1) is 13.0. The van der Waals surface area contributed by atoms with E-state index in [1.807, 2.05) is 0 Å². The van der Waals surface area contributed by atoms with Crippen LogP contribution in [0.25, 0.3) is 0 Å². The van der Waals surface area contributed by atoms with Crippen LogP contribution in [0, 0.1) is 10.1 Å². The minimum Gasteiger partial charge on any atom is -0.454 e. The number of esters is 1. The van der Waals surface area contributed by atoms with Crippen molar-refractivity contribution in [2.75, 3.05) is 18.5 Å². The number of amides is 2. The van der Waals surface area contributed by atoms with E-state index < -0.39 is 46.9 Å². The van der Waals surface area contributed by atoms with Crippen LogP contribution in [-0.4, -0.2) is 46.8 Å². The summed E-state index contributed by atoms with van der Waals surface area (Å²) in [5.41, 5.74) is -2.39. The van der Waals surface area contributed by atoms with Crippen LogP contribution in [0.1, 0.15) is 25.3 Å². The van der Waals surface area contributed by atoms with Crippen molar-refractivity contribution < 1.29 is 37.2 Å². The number of ether oxygens (including phenoxy) is 1. The first kappa shape index (κ1) is 21.1. The summed E-state index contributed by atoms with van der Waals surface area (Å²) in [6, 6.07) is 0.620. The van der Waals surface area contributed by atoms with Crippen LogP contribution in [0.15, 0.2) is 18.2 Å². The quantitative estimate of drug-likeness (QED) is 0.439. The maximum Gasteiger partial charge on any atom is 0.416 e. The van der Waals surface area contributed by atoms with Gasteiger partial charge in [-0.25, -0.2) is 4.79 Å². The van der Waals surface area contributed by atoms with Crippen LogP contribution < -0.4 is 5.32 Å². The lowest BCUT2D eigenvalue weighted by Crippen LogP contribution is -2.37. The van der Waals surface area contributed by atoms with Gasteiger partial charge in [-0.2, -0.15) is 13.2 Å².